The van der Waals surface area contributed by atoms with Crippen LogP contribution in [-0.4, -0.2) is 34.6 Å². The number of carbonyl (C=O) groups is 4. The largest absolute Gasteiger partial charge is 0.326 e. The third-order valence-electron chi connectivity index (χ3n) is 4.54. The van der Waals surface area contributed by atoms with Gasteiger partial charge in [-0.2, -0.15) is 0 Å². The van der Waals surface area contributed by atoms with E-state index in [0.29, 0.717) is 11.4 Å². The van der Waals surface area contributed by atoms with Crippen molar-refractivity contribution < 1.29 is 19.2 Å². The lowest BCUT2D eigenvalue weighted by Gasteiger charge is -2.22. The van der Waals surface area contributed by atoms with Gasteiger partial charge in [0.15, 0.2) is 0 Å². The quantitative estimate of drug-likeness (QED) is 0.714. The van der Waals surface area contributed by atoms with E-state index in [9.17, 15) is 19.2 Å². The zero-order valence-electron chi connectivity index (χ0n) is 15.8. The second kappa shape index (κ2) is 7.85. The first-order valence-electron chi connectivity index (χ1n) is 8.66. The number of carbonyl (C=O) groups excluding carboxylic acids is 4. The van der Waals surface area contributed by atoms with Crippen LogP contribution in [0.1, 0.15) is 40.1 Å². The molecule has 3 rings (SSSR count). The van der Waals surface area contributed by atoms with E-state index in [0.717, 1.165) is 10.5 Å². The Hall–Kier alpha value is -2.90. The highest BCUT2D eigenvalue weighted by Gasteiger charge is 2.41. The number of anilines is 2. The molecule has 0 bridgehead atoms. The molecule has 29 heavy (non-hydrogen) atoms. The van der Waals surface area contributed by atoms with Gasteiger partial charge in [-0.25, -0.2) is 0 Å². The number of fused-ring (bicyclic) bond motifs is 1. The Labute approximate surface area is 177 Å². The van der Waals surface area contributed by atoms with Gasteiger partial charge < -0.3 is 10.6 Å². The second-order valence-corrected chi connectivity index (χ2v) is 7.48. The molecule has 0 saturated heterocycles. The molecule has 2 aromatic carbocycles. The van der Waals surface area contributed by atoms with Crippen LogP contribution in [0.4, 0.5) is 11.4 Å². The fourth-order valence-corrected chi connectivity index (χ4v) is 3.32. The summed E-state index contributed by atoms with van der Waals surface area (Å²) >= 11 is 11.9. The number of amides is 4. The van der Waals surface area contributed by atoms with E-state index < -0.39 is 23.8 Å². The Morgan fingerprint density at radius 3 is 2.03 bits per heavy atom. The lowest BCUT2D eigenvalue weighted by molar-refractivity contribution is -0.119. The highest BCUT2D eigenvalue weighted by molar-refractivity contribution is 6.43. The topological polar surface area (TPSA) is 95.6 Å². The zero-order valence-corrected chi connectivity index (χ0v) is 17.3. The van der Waals surface area contributed by atoms with Crippen molar-refractivity contribution in [2.45, 2.75) is 26.8 Å². The molecular formula is C20H17Cl2N3O4. The smallest absolute Gasteiger partial charge is 0.262 e. The van der Waals surface area contributed by atoms with Crippen molar-refractivity contribution in [3.63, 3.8) is 0 Å². The highest BCUT2D eigenvalue weighted by Crippen LogP contribution is 2.32. The molecule has 2 aromatic rings. The van der Waals surface area contributed by atoms with Gasteiger partial charge in [0.25, 0.3) is 11.8 Å². The molecule has 150 valence electrons. The average Bonchev–Trinajstić information content (AvgIpc) is 2.87. The average molecular weight is 434 g/mol. The normalized spacial score (nSPS) is 13.9. The Bertz CT molecular complexity index is 1030. The lowest BCUT2D eigenvalue weighted by atomic mass is 10.1. The zero-order chi connectivity index (χ0) is 21.5. The van der Waals surface area contributed by atoms with Gasteiger partial charge in [0.2, 0.25) is 11.8 Å². The number of benzene rings is 2. The minimum Gasteiger partial charge on any atom is -0.326 e. The van der Waals surface area contributed by atoms with E-state index in [2.05, 4.69) is 10.6 Å². The van der Waals surface area contributed by atoms with Gasteiger partial charge in [0.1, 0.15) is 6.04 Å². The van der Waals surface area contributed by atoms with Gasteiger partial charge in [-0.05, 0) is 43.7 Å². The molecule has 1 atom stereocenters. The fourth-order valence-electron chi connectivity index (χ4n) is 3.00. The maximum Gasteiger partial charge on any atom is 0.262 e. The number of halogens is 2. The van der Waals surface area contributed by atoms with E-state index in [1.165, 1.54) is 26.0 Å². The standard InChI is InChI=1S/C20H17Cl2N3O4/c1-9-4-5-12(23-11(3)26)6-17(9)24-18(27)10(2)25-19(28)13-7-15(21)16(22)8-14(13)20(25)29/h4-8,10H,1-3H3,(H,23,26)(H,24,27)/t10-/m0/s1. The van der Waals surface area contributed by atoms with Crippen molar-refractivity contribution in [1.29, 1.82) is 0 Å². The molecule has 1 aliphatic rings. The molecule has 0 spiro atoms. The molecule has 0 saturated carbocycles. The number of hydrogen-bond donors (Lipinski definition) is 2. The number of aryl methyl sites for hydroxylation is 1. The molecule has 1 aliphatic heterocycles. The van der Waals surface area contributed by atoms with Crippen LogP contribution >= 0.6 is 23.2 Å². The predicted molar refractivity (Wildman–Crippen MR) is 111 cm³/mol. The van der Waals surface area contributed by atoms with E-state index in [4.69, 9.17) is 23.2 Å². The van der Waals surface area contributed by atoms with Crippen LogP contribution in [0.15, 0.2) is 30.3 Å². The first-order chi connectivity index (χ1) is 13.6. The van der Waals surface area contributed by atoms with E-state index in [-0.39, 0.29) is 27.1 Å². The summed E-state index contributed by atoms with van der Waals surface area (Å²) in [5.41, 5.74) is 1.92. The first-order valence-corrected chi connectivity index (χ1v) is 9.41. The maximum atomic E-state index is 12.8. The van der Waals surface area contributed by atoms with Gasteiger partial charge in [0, 0.05) is 18.3 Å². The van der Waals surface area contributed by atoms with Gasteiger partial charge >= 0.3 is 0 Å². The van der Waals surface area contributed by atoms with Crippen molar-refractivity contribution in [3.8, 4) is 0 Å². The van der Waals surface area contributed by atoms with Crippen LogP contribution in [0.5, 0.6) is 0 Å². The number of rotatable bonds is 4. The van der Waals surface area contributed by atoms with Crippen molar-refractivity contribution >= 4 is 58.2 Å². The van der Waals surface area contributed by atoms with Gasteiger partial charge in [0.05, 0.1) is 21.2 Å². The molecule has 4 amide bonds. The van der Waals surface area contributed by atoms with Gasteiger partial charge in [-0.15, -0.1) is 0 Å². The Morgan fingerprint density at radius 1 is 0.966 bits per heavy atom. The van der Waals surface area contributed by atoms with Crippen LogP contribution in [0.2, 0.25) is 10.0 Å². The summed E-state index contributed by atoms with van der Waals surface area (Å²) < 4.78 is 0. The molecule has 0 fully saturated rings. The minimum atomic E-state index is -1.08. The van der Waals surface area contributed by atoms with Crippen LogP contribution in [0, 0.1) is 6.92 Å². The molecule has 0 aliphatic carbocycles. The van der Waals surface area contributed by atoms with Gasteiger partial charge in [-0.3, -0.25) is 24.1 Å². The molecular weight excluding hydrogens is 417 g/mol. The van der Waals surface area contributed by atoms with Crippen molar-refractivity contribution in [1.82, 2.24) is 4.90 Å². The van der Waals surface area contributed by atoms with E-state index >= 15 is 0 Å². The molecule has 1 heterocycles. The summed E-state index contributed by atoms with van der Waals surface area (Å²) in [6, 6.07) is 6.61. The van der Waals surface area contributed by atoms with Gasteiger partial charge in [-0.1, -0.05) is 29.3 Å². The summed E-state index contributed by atoms with van der Waals surface area (Å²) in [4.78, 5) is 50.3. The van der Waals surface area contributed by atoms with Crippen molar-refractivity contribution in [2.75, 3.05) is 10.6 Å². The SMILES string of the molecule is CC(=O)Nc1ccc(C)c(NC(=O)[C@H](C)N2C(=O)c3cc(Cl)c(Cl)cc3C2=O)c1. The highest BCUT2D eigenvalue weighted by atomic mass is 35.5. The van der Waals surface area contributed by atoms with Crippen LogP contribution in [0.3, 0.4) is 0 Å². The van der Waals surface area contributed by atoms with Crippen molar-refractivity contribution in [2.24, 2.45) is 0 Å². The van der Waals surface area contributed by atoms with E-state index in [1.807, 2.05) is 0 Å². The number of hydrogen-bond acceptors (Lipinski definition) is 4. The monoisotopic (exact) mass is 433 g/mol. The van der Waals surface area contributed by atoms with Crippen LogP contribution in [-0.2, 0) is 9.59 Å². The number of imide groups is 1. The van der Waals surface area contributed by atoms with E-state index in [1.54, 1.807) is 25.1 Å². The number of nitrogens with zero attached hydrogens (tertiary/aromatic N) is 1. The fraction of sp³-hybridized carbons (Fsp3) is 0.200. The molecule has 0 unspecified atom stereocenters. The summed E-state index contributed by atoms with van der Waals surface area (Å²) in [6.07, 6.45) is 0. The Balaban J connectivity index is 1.83. The predicted octanol–water partition coefficient (Wildman–Crippen LogP) is 3.88. The second-order valence-electron chi connectivity index (χ2n) is 6.67. The molecule has 2 N–H and O–H groups in total. The number of nitrogens with one attached hydrogen (secondary N) is 2. The van der Waals surface area contributed by atoms with Crippen LogP contribution in [0.25, 0.3) is 0 Å². The summed E-state index contributed by atoms with van der Waals surface area (Å²) in [5, 5.41) is 5.63. The third kappa shape index (κ3) is 3.97. The summed E-state index contributed by atoms with van der Waals surface area (Å²) in [5.74, 6) is -2.03. The molecule has 9 heteroatoms. The summed E-state index contributed by atoms with van der Waals surface area (Å²) in [6.45, 7) is 4.61. The maximum absolute atomic E-state index is 12.8. The summed E-state index contributed by atoms with van der Waals surface area (Å²) in [7, 11) is 0. The minimum absolute atomic E-state index is 0.105. The van der Waals surface area contributed by atoms with Crippen molar-refractivity contribution in [3.05, 3.63) is 57.1 Å². The Morgan fingerprint density at radius 2 is 1.52 bits per heavy atom. The lowest BCUT2D eigenvalue weighted by Crippen LogP contribution is -2.45. The molecule has 0 radical (unpaired) electrons. The third-order valence-corrected chi connectivity index (χ3v) is 5.26. The molecule has 0 aromatic heterocycles. The van der Waals surface area contributed by atoms with Crippen LogP contribution < -0.4 is 10.6 Å². The molecule has 7 nitrogen and oxygen atoms in total. The first kappa shape index (κ1) is 20.8. The Kier molecular flexibility index (Phi) is 5.64.